The molecule has 18 heavy (non-hydrogen) atoms. The third-order valence-corrected chi connectivity index (χ3v) is 3.59. The lowest BCUT2D eigenvalue weighted by atomic mass is 9.83. The van der Waals surface area contributed by atoms with Crippen molar-refractivity contribution < 1.29 is 4.39 Å². The van der Waals surface area contributed by atoms with Crippen LogP contribution in [0.4, 0.5) is 4.39 Å². The number of allylic oxidation sites excluding steroid dienone is 1. The summed E-state index contributed by atoms with van der Waals surface area (Å²) >= 11 is 0. The van der Waals surface area contributed by atoms with E-state index in [1.54, 1.807) is 20.3 Å². The van der Waals surface area contributed by atoms with Crippen LogP contribution in [0.1, 0.15) is 47.0 Å². The second kappa shape index (κ2) is 9.12. The lowest BCUT2D eigenvalue weighted by Crippen LogP contribution is -2.23. The Morgan fingerprint density at radius 2 is 1.94 bits per heavy atom. The fraction of sp³-hybridized carbons (Fsp3) is 0.800. The number of hydrogen-bond acceptors (Lipinski definition) is 1. The summed E-state index contributed by atoms with van der Waals surface area (Å²) in [7, 11) is 1.74. The van der Waals surface area contributed by atoms with Crippen LogP contribution in [0, 0.1) is 11.8 Å². The summed E-state index contributed by atoms with van der Waals surface area (Å²) in [4.78, 5) is 3.83. The van der Waals surface area contributed by atoms with Crippen molar-refractivity contribution in [2.45, 2.75) is 52.6 Å². The third-order valence-electron chi connectivity index (χ3n) is 3.59. The maximum Gasteiger partial charge on any atom is 0.108 e. The summed E-state index contributed by atoms with van der Waals surface area (Å²) in [5.41, 5.74) is -1.02. The van der Waals surface area contributed by atoms with Gasteiger partial charge in [0.25, 0.3) is 0 Å². The van der Waals surface area contributed by atoms with Crippen molar-refractivity contribution in [3.63, 3.8) is 0 Å². The molecular formula is C15H29FN2. The molecule has 0 aliphatic rings. The van der Waals surface area contributed by atoms with Crippen LogP contribution in [0.15, 0.2) is 17.1 Å². The van der Waals surface area contributed by atoms with E-state index in [1.807, 2.05) is 6.92 Å². The molecule has 0 heterocycles. The molecule has 0 saturated carbocycles. The van der Waals surface area contributed by atoms with E-state index in [2.05, 4.69) is 36.3 Å². The van der Waals surface area contributed by atoms with E-state index in [-0.39, 0.29) is 0 Å². The number of hydrogen-bond donors (Lipinski definition) is 1. The van der Waals surface area contributed by atoms with Crippen molar-refractivity contribution >= 4 is 6.34 Å². The fourth-order valence-corrected chi connectivity index (χ4v) is 1.86. The Morgan fingerprint density at radius 1 is 1.28 bits per heavy atom. The molecule has 0 amide bonds. The monoisotopic (exact) mass is 256 g/mol. The number of alkyl halides is 1. The molecule has 3 heteroatoms. The van der Waals surface area contributed by atoms with Crippen LogP contribution in [0.2, 0.25) is 0 Å². The maximum absolute atomic E-state index is 13.9. The summed E-state index contributed by atoms with van der Waals surface area (Å²) < 4.78 is 13.9. The molecule has 0 aromatic heterocycles. The Labute approximate surface area is 112 Å². The van der Waals surface area contributed by atoms with Crippen molar-refractivity contribution in [2.24, 2.45) is 16.8 Å². The van der Waals surface area contributed by atoms with Gasteiger partial charge < -0.3 is 5.32 Å². The molecule has 0 bridgehead atoms. The Morgan fingerprint density at radius 3 is 2.50 bits per heavy atom. The molecule has 0 saturated heterocycles. The summed E-state index contributed by atoms with van der Waals surface area (Å²) in [6.45, 7) is 8.77. The minimum absolute atomic E-state index is 0.412. The number of halogens is 1. The molecule has 1 N–H and O–H groups in total. The van der Waals surface area contributed by atoms with Gasteiger partial charge in [-0.25, -0.2) is 4.39 Å². The van der Waals surface area contributed by atoms with Crippen LogP contribution in [-0.2, 0) is 0 Å². The molecule has 2 nitrogen and oxygen atoms in total. The molecule has 0 aliphatic carbocycles. The zero-order valence-electron chi connectivity index (χ0n) is 12.5. The van der Waals surface area contributed by atoms with Gasteiger partial charge in [0.2, 0.25) is 0 Å². The topological polar surface area (TPSA) is 24.4 Å². The Balaban J connectivity index is 3.90. The molecule has 0 radical (unpaired) electrons. The van der Waals surface area contributed by atoms with Crippen LogP contribution < -0.4 is 5.32 Å². The zero-order valence-corrected chi connectivity index (χ0v) is 12.5. The van der Waals surface area contributed by atoms with Crippen molar-refractivity contribution in [3.8, 4) is 0 Å². The van der Waals surface area contributed by atoms with Gasteiger partial charge in [-0.3, -0.25) is 4.99 Å². The minimum atomic E-state index is -1.02. The van der Waals surface area contributed by atoms with Crippen LogP contribution in [-0.4, -0.2) is 25.6 Å². The average Bonchev–Trinajstić information content (AvgIpc) is 2.32. The number of nitrogens with one attached hydrogen (secondary N) is 1. The van der Waals surface area contributed by atoms with Crippen molar-refractivity contribution in [1.29, 1.82) is 0 Å². The molecule has 0 spiro atoms. The summed E-state index contributed by atoms with van der Waals surface area (Å²) in [6, 6.07) is 0. The Kier molecular flexibility index (Phi) is 8.69. The highest BCUT2D eigenvalue weighted by Gasteiger charge is 2.25. The first-order valence-corrected chi connectivity index (χ1v) is 6.91. The molecule has 0 aliphatic heterocycles. The van der Waals surface area contributed by atoms with E-state index in [0.29, 0.717) is 24.7 Å². The summed E-state index contributed by atoms with van der Waals surface area (Å²) in [5.74, 6) is 0.928. The van der Waals surface area contributed by atoms with E-state index in [9.17, 15) is 4.39 Å². The predicted molar refractivity (Wildman–Crippen MR) is 78.9 cm³/mol. The van der Waals surface area contributed by atoms with E-state index in [0.717, 1.165) is 13.0 Å². The highest BCUT2D eigenvalue weighted by molar-refractivity contribution is 5.53. The van der Waals surface area contributed by atoms with Gasteiger partial charge in [-0.2, -0.15) is 0 Å². The maximum atomic E-state index is 13.9. The number of nitrogens with zero attached hydrogens (tertiary/aromatic N) is 1. The molecule has 3 atom stereocenters. The first-order chi connectivity index (χ1) is 8.43. The highest BCUT2D eigenvalue weighted by Crippen LogP contribution is 2.29. The quantitative estimate of drug-likeness (QED) is 0.287. The lowest BCUT2D eigenvalue weighted by Gasteiger charge is -2.26. The molecule has 0 aromatic carbocycles. The van der Waals surface area contributed by atoms with Gasteiger partial charge in [0.1, 0.15) is 5.67 Å². The van der Waals surface area contributed by atoms with Crippen LogP contribution >= 0.6 is 0 Å². The van der Waals surface area contributed by atoms with E-state index in [1.165, 1.54) is 0 Å². The standard InChI is InChI=1S/C15H29FN2/c1-6-15(4,16)11-14(3)13(2)9-7-8-10-18-12-17-5/h7-8,12-14H,6,9-11H2,1-5H3,(H,17,18). The Hall–Kier alpha value is -0.860. The molecule has 3 unspecified atom stereocenters. The normalized spacial score (nSPS) is 19.0. The molecule has 0 aromatic rings. The van der Waals surface area contributed by atoms with Gasteiger partial charge in [-0.1, -0.05) is 32.9 Å². The molecule has 106 valence electrons. The average molecular weight is 256 g/mol. The smallest absolute Gasteiger partial charge is 0.108 e. The van der Waals surface area contributed by atoms with Gasteiger partial charge >= 0.3 is 0 Å². The zero-order chi connectivity index (χ0) is 14.0. The van der Waals surface area contributed by atoms with Gasteiger partial charge in [0, 0.05) is 13.6 Å². The fourth-order valence-electron chi connectivity index (χ4n) is 1.86. The van der Waals surface area contributed by atoms with E-state index < -0.39 is 5.67 Å². The summed E-state index contributed by atoms with van der Waals surface area (Å²) in [5, 5.41) is 3.05. The first kappa shape index (κ1) is 17.1. The molecule has 0 rings (SSSR count). The third kappa shape index (κ3) is 8.26. The van der Waals surface area contributed by atoms with Crippen molar-refractivity contribution in [1.82, 2.24) is 5.32 Å². The molecule has 0 fully saturated rings. The minimum Gasteiger partial charge on any atom is -0.373 e. The predicted octanol–water partition coefficient (Wildman–Crippen LogP) is 3.98. The SMILES string of the molecule is CCC(C)(F)CC(C)C(C)CC=CCNC=NC. The first-order valence-electron chi connectivity index (χ1n) is 6.91. The van der Waals surface area contributed by atoms with Gasteiger partial charge in [0.15, 0.2) is 0 Å². The van der Waals surface area contributed by atoms with E-state index in [4.69, 9.17) is 0 Å². The Bertz CT molecular complexity index is 259. The summed E-state index contributed by atoms with van der Waals surface area (Å²) in [6.07, 6.45) is 8.20. The lowest BCUT2D eigenvalue weighted by molar-refractivity contribution is 0.127. The van der Waals surface area contributed by atoms with Crippen molar-refractivity contribution in [2.75, 3.05) is 13.6 Å². The van der Waals surface area contributed by atoms with Gasteiger partial charge in [-0.15, -0.1) is 0 Å². The van der Waals surface area contributed by atoms with Gasteiger partial charge in [0.05, 0.1) is 6.34 Å². The van der Waals surface area contributed by atoms with Crippen LogP contribution in [0.3, 0.4) is 0 Å². The van der Waals surface area contributed by atoms with E-state index >= 15 is 0 Å². The second-order valence-electron chi connectivity index (χ2n) is 5.43. The van der Waals surface area contributed by atoms with Crippen LogP contribution in [0.5, 0.6) is 0 Å². The van der Waals surface area contributed by atoms with Crippen molar-refractivity contribution in [3.05, 3.63) is 12.2 Å². The number of rotatable bonds is 9. The van der Waals surface area contributed by atoms with Gasteiger partial charge in [-0.05, 0) is 38.0 Å². The molecular weight excluding hydrogens is 227 g/mol. The largest absolute Gasteiger partial charge is 0.373 e. The number of aliphatic imine (C=N–C) groups is 1. The highest BCUT2D eigenvalue weighted by atomic mass is 19.1. The second-order valence-corrected chi connectivity index (χ2v) is 5.43. The van der Waals surface area contributed by atoms with Crippen LogP contribution in [0.25, 0.3) is 0 Å².